The Morgan fingerprint density at radius 2 is 1.78 bits per heavy atom. The highest BCUT2D eigenvalue weighted by atomic mass is 19.1. The number of hydrogen-bond acceptors (Lipinski definition) is 6. The van der Waals surface area contributed by atoms with E-state index >= 15 is 0 Å². The van der Waals surface area contributed by atoms with Gasteiger partial charge in [-0.15, -0.1) is 5.10 Å². The molecule has 0 atom stereocenters. The topological polar surface area (TPSA) is 139 Å². The van der Waals surface area contributed by atoms with E-state index in [1.54, 1.807) is 35.9 Å². The second-order valence-corrected chi connectivity index (χ2v) is 7.01. The fraction of sp³-hybridized carbons (Fsp3) is 0.136. The molecule has 0 fully saturated rings. The smallest absolute Gasteiger partial charge is 0.268 e. The third kappa shape index (κ3) is 3.85. The van der Waals surface area contributed by atoms with Crippen LogP contribution in [-0.4, -0.2) is 38.4 Å². The number of fused-ring (bicyclic) bond motifs is 1. The van der Waals surface area contributed by atoms with E-state index in [4.69, 9.17) is 16.2 Å². The van der Waals surface area contributed by atoms with Crippen molar-refractivity contribution in [3.05, 3.63) is 71.3 Å². The van der Waals surface area contributed by atoms with Gasteiger partial charge in [-0.2, -0.15) is 0 Å². The molecular weight excluding hydrogens is 415 g/mol. The first-order chi connectivity index (χ1) is 15.4. The minimum atomic E-state index is -0.818. The van der Waals surface area contributed by atoms with Crippen molar-refractivity contribution >= 4 is 22.7 Å². The van der Waals surface area contributed by atoms with E-state index in [0.717, 1.165) is 0 Å². The number of carbonyl (C=O) groups is 2. The average molecular weight is 434 g/mol. The van der Waals surface area contributed by atoms with Crippen LogP contribution in [0.15, 0.2) is 48.5 Å². The molecule has 2 aromatic heterocycles. The van der Waals surface area contributed by atoms with Gasteiger partial charge in [0.15, 0.2) is 0 Å². The Hall–Kier alpha value is -4.34. The molecule has 4 aromatic rings. The Balaban J connectivity index is 1.73. The fourth-order valence-corrected chi connectivity index (χ4v) is 3.46. The van der Waals surface area contributed by atoms with E-state index < -0.39 is 11.8 Å². The number of primary amides is 2. The molecule has 0 radical (unpaired) electrons. The molecule has 2 heterocycles. The van der Waals surface area contributed by atoms with Gasteiger partial charge in [-0.3, -0.25) is 9.59 Å². The summed E-state index contributed by atoms with van der Waals surface area (Å²) in [6, 6.07) is 12.5. The normalized spacial score (nSPS) is 10.9. The van der Waals surface area contributed by atoms with Crippen LogP contribution in [0.2, 0.25) is 0 Å². The van der Waals surface area contributed by atoms with Crippen LogP contribution >= 0.6 is 0 Å². The maximum absolute atomic E-state index is 13.0. The SMILES string of the molecule is Cc1c(-c2c(C(N)=O)nc3ccccc3c2C(N)=O)nnn1CCOc1ccc(F)cc1. The second-order valence-electron chi connectivity index (χ2n) is 7.01. The summed E-state index contributed by atoms with van der Waals surface area (Å²) in [6.07, 6.45) is 0. The molecule has 0 bridgehead atoms. The van der Waals surface area contributed by atoms with E-state index in [1.807, 2.05) is 0 Å². The van der Waals surface area contributed by atoms with Gasteiger partial charge in [-0.1, -0.05) is 23.4 Å². The summed E-state index contributed by atoms with van der Waals surface area (Å²) < 4.78 is 20.2. The largest absolute Gasteiger partial charge is 0.492 e. The first-order valence-corrected chi connectivity index (χ1v) is 9.68. The van der Waals surface area contributed by atoms with Crippen molar-refractivity contribution in [1.29, 1.82) is 0 Å². The van der Waals surface area contributed by atoms with Crippen LogP contribution in [0.25, 0.3) is 22.2 Å². The van der Waals surface area contributed by atoms with E-state index in [2.05, 4.69) is 15.3 Å². The number of halogens is 1. The molecular formula is C22H19FN6O3. The standard InChI is InChI=1S/C22H19FN6O3/c1-12-19(27-28-29(12)10-11-32-14-8-6-13(23)7-9-14)18-17(21(24)30)15-4-2-3-5-16(15)26-20(18)22(25)31/h2-9H,10-11H2,1H3,(H2,24,30)(H2,25,31). The Morgan fingerprint density at radius 3 is 2.47 bits per heavy atom. The summed E-state index contributed by atoms with van der Waals surface area (Å²) in [6.45, 7) is 2.28. The number of hydrogen-bond donors (Lipinski definition) is 2. The molecule has 0 aliphatic carbocycles. The van der Waals surface area contributed by atoms with E-state index in [-0.39, 0.29) is 34.9 Å². The van der Waals surface area contributed by atoms with Crippen molar-refractivity contribution in [3.8, 4) is 17.0 Å². The first kappa shape index (κ1) is 20.9. The molecule has 162 valence electrons. The molecule has 9 nitrogen and oxygen atoms in total. The minimum Gasteiger partial charge on any atom is -0.492 e. The van der Waals surface area contributed by atoms with Gasteiger partial charge in [0.1, 0.15) is 29.6 Å². The average Bonchev–Trinajstić information content (AvgIpc) is 3.13. The summed E-state index contributed by atoms with van der Waals surface area (Å²) in [4.78, 5) is 28.9. The summed E-state index contributed by atoms with van der Waals surface area (Å²) in [5, 5.41) is 8.76. The molecule has 0 aliphatic rings. The second kappa shape index (κ2) is 8.42. The van der Waals surface area contributed by atoms with Crippen molar-refractivity contribution in [2.75, 3.05) is 6.61 Å². The van der Waals surface area contributed by atoms with Crippen molar-refractivity contribution in [1.82, 2.24) is 20.0 Å². The number of para-hydroxylation sites is 1. The van der Waals surface area contributed by atoms with E-state index in [0.29, 0.717) is 28.9 Å². The van der Waals surface area contributed by atoms with Crippen LogP contribution < -0.4 is 16.2 Å². The lowest BCUT2D eigenvalue weighted by atomic mass is 9.96. The molecule has 0 saturated heterocycles. The molecule has 4 rings (SSSR count). The predicted molar refractivity (Wildman–Crippen MR) is 114 cm³/mol. The Kier molecular flexibility index (Phi) is 5.50. The van der Waals surface area contributed by atoms with Crippen LogP contribution in [0.1, 0.15) is 26.5 Å². The zero-order valence-corrected chi connectivity index (χ0v) is 17.1. The quantitative estimate of drug-likeness (QED) is 0.457. The van der Waals surface area contributed by atoms with E-state index in [9.17, 15) is 14.0 Å². The highest BCUT2D eigenvalue weighted by Crippen LogP contribution is 2.32. The van der Waals surface area contributed by atoms with Gasteiger partial charge in [0, 0.05) is 10.9 Å². The van der Waals surface area contributed by atoms with E-state index in [1.165, 1.54) is 24.3 Å². The van der Waals surface area contributed by atoms with Crippen molar-refractivity contribution in [2.45, 2.75) is 13.5 Å². The number of pyridine rings is 1. The van der Waals surface area contributed by atoms with Crippen molar-refractivity contribution < 1.29 is 18.7 Å². The number of carbonyl (C=O) groups excluding carboxylic acids is 2. The highest BCUT2D eigenvalue weighted by molar-refractivity contribution is 6.15. The summed E-state index contributed by atoms with van der Waals surface area (Å²) >= 11 is 0. The van der Waals surface area contributed by atoms with Crippen molar-refractivity contribution in [2.24, 2.45) is 11.5 Å². The molecule has 0 aliphatic heterocycles. The number of benzene rings is 2. The molecule has 4 N–H and O–H groups in total. The van der Waals surface area contributed by atoms with Crippen LogP contribution in [0.3, 0.4) is 0 Å². The van der Waals surface area contributed by atoms with Crippen LogP contribution in [0.4, 0.5) is 4.39 Å². The number of nitrogens with zero attached hydrogens (tertiary/aromatic N) is 4. The van der Waals surface area contributed by atoms with Crippen molar-refractivity contribution in [3.63, 3.8) is 0 Å². The zero-order chi connectivity index (χ0) is 22.8. The molecule has 0 unspecified atom stereocenters. The molecule has 0 saturated carbocycles. The predicted octanol–water partition coefficient (Wildman–Crippen LogP) is 2.22. The summed E-state index contributed by atoms with van der Waals surface area (Å²) in [5.41, 5.74) is 12.6. The molecule has 10 heteroatoms. The molecule has 0 spiro atoms. The van der Waals surface area contributed by atoms with Crippen LogP contribution in [-0.2, 0) is 6.54 Å². The monoisotopic (exact) mass is 434 g/mol. The molecule has 32 heavy (non-hydrogen) atoms. The van der Waals surface area contributed by atoms with Gasteiger partial charge in [0.25, 0.3) is 5.91 Å². The molecule has 2 amide bonds. The van der Waals surface area contributed by atoms with Gasteiger partial charge in [-0.05, 0) is 37.3 Å². The third-order valence-electron chi connectivity index (χ3n) is 4.98. The van der Waals surface area contributed by atoms with Gasteiger partial charge in [0.2, 0.25) is 5.91 Å². The zero-order valence-electron chi connectivity index (χ0n) is 17.1. The number of nitrogens with two attached hydrogens (primary N) is 2. The Bertz CT molecular complexity index is 1330. The lowest BCUT2D eigenvalue weighted by molar-refractivity contribution is 0.0996. The van der Waals surface area contributed by atoms with Gasteiger partial charge in [0.05, 0.1) is 23.3 Å². The van der Waals surface area contributed by atoms with Crippen LogP contribution in [0.5, 0.6) is 5.75 Å². The number of aromatic nitrogens is 4. The lowest BCUT2D eigenvalue weighted by Crippen LogP contribution is -2.21. The Labute approximate surface area is 181 Å². The fourth-order valence-electron chi connectivity index (χ4n) is 3.46. The van der Waals surface area contributed by atoms with Crippen LogP contribution in [0, 0.1) is 12.7 Å². The van der Waals surface area contributed by atoms with Gasteiger partial charge < -0.3 is 16.2 Å². The number of rotatable bonds is 7. The van der Waals surface area contributed by atoms with Gasteiger partial charge in [-0.25, -0.2) is 14.1 Å². The maximum Gasteiger partial charge on any atom is 0.268 e. The number of ether oxygens (including phenoxy) is 1. The summed E-state index contributed by atoms with van der Waals surface area (Å²) in [7, 11) is 0. The highest BCUT2D eigenvalue weighted by Gasteiger charge is 2.26. The molecule has 2 aromatic carbocycles. The third-order valence-corrected chi connectivity index (χ3v) is 4.98. The minimum absolute atomic E-state index is 0.0992. The summed E-state index contributed by atoms with van der Waals surface area (Å²) in [5.74, 6) is -1.40. The first-order valence-electron chi connectivity index (χ1n) is 9.68. The lowest BCUT2D eigenvalue weighted by Gasteiger charge is -2.13. The number of amides is 2. The maximum atomic E-state index is 13.0. The van der Waals surface area contributed by atoms with Gasteiger partial charge >= 0.3 is 0 Å². The Morgan fingerprint density at radius 1 is 1.06 bits per heavy atom.